The van der Waals surface area contributed by atoms with Crippen molar-refractivity contribution in [2.24, 2.45) is 0 Å². The molecule has 0 radical (unpaired) electrons. The highest BCUT2D eigenvalue weighted by atomic mass is 16.5. The van der Waals surface area contributed by atoms with Gasteiger partial charge in [0, 0.05) is 25.5 Å². The molecule has 0 saturated carbocycles. The van der Waals surface area contributed by atoms with E-state index in [9.17, 15) is 0 Å². The molecule has 2 aliphatic rings. The Kier molecular flexibility index (Phi) is 3.66. The molecule has 3 heterocycles. The molecule has 0 aliphatic carbocycles. The molecule has 104 valence electrons. The summed E-state index contributed by atoms with van der Waals surface area (Å²) in [5, 5.41) is 3.38. The van der Waals surface area contributed by atoms with Crippen LogP contribution in [0.4, 0.5) is 5.95 Å². The summed E-state index contributed by atoms with van der Waals surface area (Å²) in [6.45, 7) is 6.46. The van der Waals surface area contributed by atoms with Gasteiger partial charge in [0.2, 0.25) is 5.95 Å². The first-order valence-electron chi connectivity index (χ1n) is 7.19. The predicted molar refractivity (Wildman–Crippen MR) is 74.1 cm³/mol. The van der Waals surface area contributed by atoms with Gasteiger partial charge in [0.05, 0.1) is 18.2 Å². The number of aromatic nitrogens is 2. The maximum Gasteiger partial charge on any atom is 0.222 e. The van der Waals surface area contributed by atoms with Gasteiger partial charge in [-0.15, -0.1) is 0 Å². The van der Waals surface area contributed by atoms with E-state index in [0.717, 1.165) is 45.5 Å². The summed E-state index contributed by atoms with van der Waals surface area (Å²) in [5.74, 6) is 0.708. The first-order valence-corrected chi connectivity index (χ1v) is 7.19. The molecule has 1 aromatic heterocycles. The van der Waals surface area contributed by atoms with Gasteiger partial charge in [-0.05, 0) is 31.9 Å². The highest BCUT2D eigenvalue weighted by Crippen LogP contribution is 2.36. The van der Waals surface area contributed by atoms with Crippen LogP contribution < -0.4 is 5.32 Å². The highest BCUT2D eigenvalue weighted by molar-refractivity contribution is 5.25. The van der Waals surface area contributed by atoms with Gasteiger partial charge in [0.15, 0.2) is 0 Å². The first kappa shape index (κ1) is 12.8. The van der Waals surface area contributed by atoms with Crippen molar-refractivity contribution in [2.75, 3.05) is 31.6 Å². The van der Waals surface area contributed by atoms with Crippen LogP contribution >= 0.6 is 0 Å². The van der Waals surface area contributed by atoms with Crippen LogP contribution in [0.15, 0.2) is 18.5 Å². The Morgan fingerprint density at radius 2 is 2.11 bits per heavy atom. The maximum atomic E-state index is 6.11. The lowest BCUT2D eigenvalue weighted by molar-refractivity contribution is -0.0424. The van der Waals surface area contributed by atoms with E-state index in [2.05, 4.69) is 27.1 Å². The molecule has 1 atom stereocenters. The number of hydrogen-bond donors (Lipinski definition) is 1. The average molecular weight is 262 g/mol. The molecule has 0 aromatic carbocycles. The summed E-state index contributed by atoms with van der Waals surface area (Å²) in [4.78, 5) is 10.9. The van der Waals surface area contributed by atoms with Crippen molar-refractivity contribution in [3.63, 3.8) is 0 Å². The summed E-state index contributed by atoms with van der Waals surface area (Å²) in [6.07, 6.45) is 6.90. The standard InChI is InChI=1S/C14H22N4O/c1-2-18-8-4-14(5-9-18)10-12(11-19-14)17-13-15-6-3-7-16-13/h3,6-7,12H,2,4-5,8-11H2,1H3,(H,15,16,17). The van der Waals surface area contributed by atoms with Gasteiger partial charge in [-0.3, -0.25) is 0 Å². The summed E-state index contributed by atoms with van der Waals surface area (Å²) in [7, 11) is 0. The minimum absolute atomic E-state index is 0.0954. The van der Waals surface area contributed by atoms with Crippen LogP contribution in [0, 0.1) is 0 Å². The van der Waals surface area contributed by atoms with Crippen molar-refractivity contribution in [1.82, 2.24) is 14.9 Å². The minimum Gasteiger partial charge on any atom is -0.373 e. The van der Waals surface area contributed by atoms with Crippen molar-refractivity contribution in [2.45, 2.75) is 37.8 Å². The Morgan fingerprint density at radius 3 is 2.79 bits per heavy atom. The van der Waals surface area contributed by atoms with E-state index in [1.54, 1.807) is 12.4 Å². The van der Waals surface area contributed by atoms with E-state index in [1.165, 1.54) is 0 Å². The molecule has 2 saturated heterocycles. The predicted octanol–water partition coefficient (Wildman–Crippen LogP) is 1.53. The molecule has 3 rings (SSSR count). The van der Waals surface area contributed by atoms with E-state index in [-0.39, 0.29) is 5.60 Å². The molecule has 5 nitrogen and oxygen atoms in total. The number of nitrogens with one attached hydrogen (secondary N) is 1. The molecule has 1 N–H and O–H groups in total. The average Bonchev–Trinajstić information content (AvgIpc) is 2.84. The molecule has 2 fully saturated rings. The Balaban J connectivity index is 1.56. The SMILES string of the molecule is CCN1CCC2(CC1)CC(Nc1ncccn1)CO2. The van der Waals surface area contributed by atoms with Gasteiger partial charge in [0.1, 0.15) is 0 Å². The molecule has 1 spiro atoms. The smallest absolute Gasteiger partial charge is 0.222 e. The number of hydrogen-bond acceptors (Lipinski definition) is 5. The van der Waals surface area contributed by atoms with E-state index < -0.39 is 0 Å². The molecule has 0 amide bonds. The molecule has 5 heteroatoms. The van der Waals surface area contributed by atoms with Crippen LogP contribution in [0.3, 0.4) is 0 Å². The van der Waals surface area contributed by atoms with E-state index in [4.69, 9.17) is 4.74 Å². The summed E-state index contributed by atoms with van der Waals surface area (Å²) < 4.78 is 6.11. The number of piperidine rings is 1. The van der Waals surface area contributed by atoms with Gasteiger partial charge in [-0.25, -0.2) is 9.97 Å². The summed E-state index contributed by atoms with van der Waals surface area (Å²) >= 11 is 0. The molecule has 1 unspecified atom stereocenters. The Hall–Kier alpha value is -1.20. The first-order chi connectivity index (χ1) is 9.30. The zero-order valence-corrected chi connectivity index (χ0v) is 11.5. The minimum atomic E-state index is 0.0954. The fourth-order valence-electron chi connectivity index (χ4n) is 3.12. The van der Waals surface area contributed by atoms with Crippen LogP contribution in [0.25, 0.3) is 0 Å². The zero-order valence-electron chi connectivity index (χ0n) is 11.5. The van der Waals surface area contributed by atoms with Crippen molar-refractivity contribution in [3.8, 4) is 0 Å². The van der Waals surface area contributed by atoms with Crippen molar-refractivity contribution < 1.29 is 4.74 Å². The molecular formula is C14H22N4O. The zero-order chi connectivity index (χ0) is 13.1. The third kappa shape index (κ3) is 2.87. The number of rotatable bonds is 3. The Morgan fingerprint density at radius 1 is 1.37 bits per heavy atom. The molecular weight excluding hydrogens is 240 g/mol. The van der Waals surface area contributed by atoms with Gasteiger partial charge < -0.3 is 15.0 Å². The lowest BCUT2D eigenvalue weighted by Gasteiger charge is -2.38. The topological polar surface area (TPSA) is 50.3 Å². The largest absolute Gasteiger partial charge is 0.373 e. The lowest BCUT2D eigenvalue weighted by Crippen LogP contribution is -2.44. The number of anilines is 1. The lowest BCUT2D eigenvalue weighted by atomic mass is 9.87. The monoisotopic (exact) mass is 262 g/mol. The Labute approximate surface area is 114 Å². The van der Waals surface area contributed by atoms with E-state index in [0.29, 0.717) is 12.0 Å². The van der Waals surface area contributed by atoms with E-state index in [1.807, 2.05) is 6.07 Å². The highest BCUT2D eigenvalue weighted by Gasteiger charge is 2.42. The second kappa shape index (κ2) is 5.43. The molecule has 0 bridgehead atoms. The van der Waals surface area contributed by atoms with Crippen LogP contribution in [0.1, 0.15) is 26.2 Å². The van der Waals surface area contributed by atoms with Gasteiger partial charge in [-0.2, -0.15) is 0 Å². The van der Waals surface area contributed by atoms with Crippen LogP contribution in [-0.2, 0) is 4.74 Å². The molecule has 2 aliphatic heterocycles. The van der Waals surface area contributed by atoms with Gasteiger partial charge >= 0.3 is 0 Å². The Bertz CT molecular complexity index is 403. The van der Waals surface area contributed by atoms with Gasteiger partial charge in [0.25, 0.3) is 0 Å². The number of nitrogens with zero attached hydrogens (tertiary/aromatic N) is 3. The normalized spacial score (nSPS) is 26.7. The van der Waals surface area contributed by atoms with Crippen molar-refractivity contribution >= 4 is 5.95 Å². The van der Waals surface area contributed by atoms with Crippen LogP contribution in [0.5, 0.6) is 0 Å². The number of likely N-dealkylation sites (tertiary alicyclic amines) is 1. The maximum absolute atomic E-state index is 6.11. The summed E-state index contributed by atoms with van der Waals surface area (Å²) in [5.41, 5.74) is 0.0954. The third-order valence-electron chi connectivity index (χ3n) is 4.32. The van der Waals surface area contributed by atoms with Crippen LogP contribution in [-0.4, -0.2) is 52.8 Å². The quantitative estimate of drug-likeness (QED) is 0.895. The second-order valence-electron chi connectivity index (χ2n) is 5.55. The summed E-state index contributed by atoms with van der Waals surface area (Å²) in [6, 6.07) is 2.17. The van der Waals surface area contributed by atoms with Gasteiger partial charge in [-0.1, -0.05) is 6.92 Å². The fourth-order valence-corrected chi connectivity index (χ4v) is 3.12. The third-order valence-corrected chi connectivity index (χ3v) is 4.32. The number of ether oxygens (including phenoxy) is 1. The van der Waals surface area contributed by atoms with Crippen LogP contribution in [0.2, 0.25) is 0 Å². The fraction of sp³-hybridized carbons (Fsp3) is 0.714. The second-order valence-corrected chi connectivity index (χ2v) is 5.55. The van der Waals surface area contributed by atoms with Crippen molar-refractivity contribution in [3.05, 3.63) is 18.5 Å². The van der Waals surface area contributed by atoms with E-state index >= 15 is 0 Å². The molecule has 19 heavy (non-hydrogen) atoms. The van der Waals surface area contributed by atoms with Crippen molar-refractivity contribution in [1.29, 1.82) is 0 Å². The molecule has 1 aromatic rings.